The first kappa shape index (κ1) is 11.5. The molecule has 100 valence electrons. The van der Waals surface area contributed by atoms with Gasteiger partial charge in [-0.25, -0.2) is 0 Å². The fraction of sp³-hybridized carbons (Fsp3) is 0.500. The second-order valence-corrected chi connectivity index (χ2v) is 6.13. The summed E-state index contributed by atoms with van der Waals surface area (Å²) >= 11 is 0. The summed E-state index contributed by atoms with van der Waals surface area (Å²) in [7, 11) is 2.06. The lowest BCUT2D eigenvalue weighted by Gasteiger charge is -2.48. The Morgan fingerprint density at radius 1 is 1.26 bits per heavy atom. The SMILES string of the molecule is CNCC1(C2(c3c[nH]c4ccccc34)COC2)CC1. The molecule has 2 fully saturated rings. The third-order valence-electron chi connectivity index (χ3n) is 5.19. The summed E-state index contributed by atoms with van der Waals surface area (Å²) in [5.74, 6) is 0. The standard InChI is InChI=1S/C16H20N2O/c1-17-9-15(6-7-15)16(10-19-11-16)13-8-18-14-5-3-2-4-12(13)14/h2-5,8,17-18H,6-7,9-11H2,1H3. The second kappa shape index (κ2) is 3.84. The summed E-state index contributed by atoms with van der Waals surface area (Å²) in [5.41, 5.74) is 3.33. The smallest absolute Gasteiger partial charge is 0.0592 e. The molecular weight excluding hydrogens is 236 g/mol. The van der Waals surface area contributed by atoms with Crippen LogP contribution in [-0.4, -0.2) is 31.8 Å². The molecule has 2 heterocycles. The van der Waals surface area contributed by atoms with Crippen LogP contribution in [0.1, 0.15) is 18.4 Å². The van der Waals surface area contributed by atoms with Crippen LogP contribution in [0.2, 0.25) is 0 Å². The van der Waals surface area contributed by atoms with Crippen molar-refractivity contribution in [1.82, 2.24) is 10.3 Å². The van der Waals surface area contributed by atoms with Crippen LogP contribution in [0.25, 0.3) is 10.9 Å². The van der Waals surface area contributed by atoms with Crippen LogP contribution >= 0.6 is 0 Å². The maximum atomic E-state index is 5.64. The van der Waals surface area contributed by atoms with Crippen LogP contribution in [-0.2, 0) is 10.2 Å². The van der Waals surface area contributed by atoms with Crippen molar-refractivity contribution in [3.63, 3.8) is 0 Å². The minimum absolute atomic E-state index is 0.218. The van der Waals surface area contributed by atoms with Crippen LogP contribution in [0.5, 0.6) is 0 Å². The van der Waals surface area contributed by atoms with Gasteiger partial charge in [0, 0.05) is 23.6 Å². The van der Waals surface area contributed by atoms with Gasteiger partial charge in [0.1, 0.15) is 0 Å². The number of nitrogens with one attached hydrogen (secondary N) is 2. The van der Waals surface area contributed by atoms with Crippen molar-refractivity contribution < 1.29 is 4.74 Å². The minimum atomic E-state index is 0.218. The van der Waals surface area contributed by atoms with E-state index in [-0.39, 0.29) is 5.41 Å². The first-order chi connectivity index (χ1) is 9.31. The van der Waals surface area contributed by atoms with E-state index in [1.807, 2.05) is 0 Å². The summed E-state index contributed by atoms with van der Waals surface area (Å²) < 4.78 is 5.64. The second-order valence-electron chi connectivity index (χ2n) is 6.13. The van der Waals surface area contributed by atoms with Crippen molar-refractivity contribution in [2.24, 2.45) is 5.41 Å². The monoisotopic (exact) mass is 256 g/mol. The molecule has 0 radical (unpaired) electrons. The zero-order valence-electron chi connectivity index (χ0n) is 11.3. The normalized spacial score (nSPS) is 23.2. The van der Waals surface area contributed by atoms with E-state index in [9.17, 15) is 0 Å². The molecular formula is C16H20N2O. The van der Waals surface area contributed by atoms with E-state index >= 15 is 0 Å². The Morgan fingerprint density at radius 2 is 2.05 bits per heavy atom. The highest BCUT2D eigenvalue weighted by molar-refractivity contribution is 5.84. The highest BCUT2D eigenvalue weighted by Crippen LogP contribution is 2.62. The third kappa shape index (κ3) is 1.40. The fourth-order valence-corrected chi connectivity index (χ4v) is 3.83. The van der Waals surface area contributed by atoms with Gasteiger partial charge in [-0.3, -0.25) is 0 Å². The van der Waals surface area contributed by atoms with Crippen molar-refractivity contribution in [3.8, 4) is 0 Å². The number of aromatic nitrogens is 1. The van der Waals surface area contributed by atoms with Gasteiger partial charge in [0.05, 0.1) is 18.6 Å². The lowest BCUT2D eigenvalue weighted by molar-refractivity contribution is -0.0978. The van der Waals surface area contributed by atoms with Crippen LogP contribution in [0.4, 0.5) is 0 Å². The van der Waals surface area contributed by atoms with Crippen LogP contribution in [0.3, 0.4) is 0 Å². The minimum Gasteiger partial charge on any atom is -0.379 e. The predicted octanol–water partition coefficient (Wildman–Crippen LogP) is 2.44. The molecule has 2 aromatic rings. The van der Waals surface area contributed by atoms with Gasteiger partial charge in [-0.15, -0.1) is 0 Å². The molecule has 4 rings (SSSR count). The average Bonchev–Trinajstić information content (AvgIpc) is 3.02. The Bertz CT molecular complexity index is 608. The fourth-order valence-electron chi connectivity index (χ4n) is 3.83. The quantitative estimate of drug-likeness (QED) is 0.881. The van der Waals surface area contributed by atoms with Gasteiger partial charge in [-0.1, -0.05) is 18.2 Å². The van der Waals surface area contributed by atoms with E-state index in [0.717, 1.165) is 19.8 Å². The van der Waals surface area contributed by atoms with Crippen molar-refractivity contribution in [3.05, 3.63) is 36.0 Å². The molecule has 0 bridgehead atoms. The van der Waals surface area contributed by atoms with E-state index in [1.165, 1.54) is 29.3 Å². The molecule has 1 saturated carbocycles. The van der Waals surface area contributed by atoms with Crippen LogP contribution in [0, 0.1) is 5.41 Å². The largest absolute Gasteiger partial charge is 0.379 e. The number of ether oxygens (including phenoxy) is 1. The van der Waals surface area contributed by atoms with E-state index in [1.54, 1.807) is 0 Å². The Labute approximate surface area is 113 Å². The van der Waals surface area contributed by atoms with Gasteiger partial charge in [0.25, 0.3) is 0 Å². The summed E-state index contributed by atoms with van der Waals surface area (Å²) in [6.45, 7) is 2.84. The number of hydrogen-bond donors (Lipinski definition) is 2. The van der Waals surface area contributed by atoms with Crippen LogP contribution in [0.15, 0.2) is 30.5 Å². The van der Waals surface area contributed by atoms with Crippen molar-refractivity contribution in [2.45, 2.75) is 18.3 Å². The molecule has 0 amide bonds. The molecule has 1 aliphatic heterocycles. The molecule has 1 saturated heterocycles. The Morgan fingerprint density at radius 3 is 2.68 bits per heavy atom. The number of H-pyrrole nitrogens is 1. The van der Waals surface area contributed by atoms with E-state index in [0.29, 0.717) is 5.41 Å². The Hall–Kier alpha value is -1.32. The molecule has 0 spiro atoms. The zero-order chi connectivity index (χ0) is 12.9. The summed E-state index contributed by atoms with van der Waals surface area (Å²) in [5, 5.41) is 4.76. The molecule has 1 aliphatic carbocycles. The van der Waals surface area contributed by atoms with Crippen molar-refractivity contribution >= 4 is 10.9 Å². The number of fused-ring (bicyclic) bond motifs is 1. The first-order valence-electron chi connectivity index (χ1n) is 7.10. The molecule has 1 aromatic carbocycles. The summed E-state index contributed by atoms with van der Waals surface area (Å²) in [6.07, 6.45) is 4.84. The molecule has 2 aliphatic rings. The lowest BCUT2D eigenvalue weighted by atomic mass is 9.66. The number of aromatic amines is 1. The predicted molar refractivity (Wildman–Crippen MR) is 76.4 cm³/mol. The van der Waals surface area contributed by atoms with Gasteiger partial charge in [-0.05, 0) is 36.9 Å². The van der Waals surface area contributed by atoms with Crippen molar-refractivity contribution in [2.75, 3.05) is 26.8 Å². The molecule has 1 aromatic heterocycles. The molecule has 19 heavy (non-hydrogen) atoms. The number of hydrogen-bond acceptors (Lipinski definition) is 2. The topological polar surface area (TPSA) is 37.0 Å². The Balaban J connectivity index is 1.85. The molecule has 0 unspecified atom stereocenters. The van der Waals surface area contributed by atoms with Crippen LogP contribution < -0.4 is 5.32 Å². The third-order valence-corrected chi connectivity index (χ3v) is 5.19. The van der Waals surface area contributed by atoms with Gasteiger partial charge < -0.3 is 15.0 Å². The van der Waals surface area contributed by atoms with Gasteiger partial charge in [-0.2, -0.15) is 0 Å². The highest BCUT2D eigenvalue weighted by Gasteiger charge is 2.63. The molecule has 3 heteroatoms. The summed E-state index contributed by atoms with van der Waals surface area (Å²) in [6, 6.07) is 8.61. The molecule has 0 atom stereocenters. The zero-order valence-corrected chi connectivity index (χ0v) is 11.3. The van der Waals surface area contributed by atoms with E-state index < -0.39 is 0 Å². The average molecular weight is 256 g/mol. The first-order valence-corrected chi connectivity index (χ1v) is 7.10. The summed E-state index contributed by atoms with van der Waals surface area (Å²) in [4.78, 5) is 3.43. The van der Waals surface area contributed by atoms with Gasteiger partial charge in [0.2, 0.25) is 0 Å². The number of rotatable bonds is 4. The number of benzene rings is 1. The van der Waals surface area contributed by atoms with E-state index in [4.69, 9.17) is 4.74 Å². The number of para-hydroxylation sites is 1. The van der Waals surface area contributed by atoms with E-state index in [2.05, 4.69) is 47.8 Å². The van der Waals surface area contributed by atoms with Crippen molar-refractivity contribution in [1.29, 1.82) is 0 Å². The van der Waals surface area contributed by atoms with Gasteiger partial charge in [0.15, 0.2) is 0 Å². The Kier molecular flexibility index (Phi) is 2.32. The van der Waals surface area contributed by atoms with Gasteiger partial charge >= 0.3 is 0 Å². The molecule has 3 nitrogen and oxygen atoms in total. The maximum absolute atomic E-state index is 5.64. The molecule has 2 N–H and O–H groups in total. The maximum Gasteiger partial charge on any atom is 0.0592 e. The highest BCUT2D eigenvalue weighted by atomic mass is 16.5. The lowest BCUT2D eigenvalue weighted by Crippen LogP contribution is -2.56.